The van der Waals surface area contributed by atoms with Gasteiger partial charge in [0.05, 0.1) is 11.1 Å². The summed E-state index contributed by atoms with van der Waals surface area (Å²) in [5, 5.41) is 0. The minimum absolute atomic E-state index is 0.307. The molecule has 0 unspecified atom stereocenters. The lowest BCUT2D eigenvalue weighted by Gasteiger charge is -2.06. The predicted molar refractivity (Wildman–Crippen MR) is 64.8 cm³/mol. The zero-order valence-electron chi connectivity index (χ0n) is 9.33. The molecule has 1 aromatic carbocycles. The summed E-state index contributed by atoms with van der Waals surface area (Å²) in [4.78, 5) is 4.26. The van der Waals surface area contributed by atoms with Crippen molar-refractivity contribution in [2.24, 2.45) is 0 Å². The maximum atomic E-state index is 11.6. The Labute approximate surface area is 104 Å². The van der Waals surface area contributed by atoms with Crippen LogP contribution in [-0.2, 0) is 16.6 Å². The van der Waals surface area contributed by atoms with Gasteiger partial charge in [0.15, 0.2) is 0 Å². The summed E-state index contributed by atoms with van der Waals surface area (Å²) >= 11 is 0. The lowest BCUT2D eigenvalue weighted by Crippen LogP contribution is -2.13. The first-order chi connectivity index (χ1) is 8.65. The smallest absolute Gasteiger partial charge is 0.241 e. The Kier molecular flexibility index (Phi) is 2.53. The van der Waals surface area contributed by atoms with Crippen LogP contribution in [0.3, 0.4) is 0 Å². The van der Waals surface area contributed by atoms with E-state index in [1.54, 1.807) is 42.7 Å². The van der Waals surface area contributed by atoms with Gasteiger partial charge in [-0.3, -0.25) is 4.98 Å². The van der Waals surface area contributed by atoms with E-state index in [4.69, 9.17) is 4.74 Å². The van der Waals surface area contributed by atoms with Crippen molar-refractivity contribution in [3.05, 3.63) is 48.3 Å². The van der Waals surface area contributed by atoms with Crippen molar-refractivity contribution >= 4 is 10.0 Å². The van der Waals surface area contributed by atoms with E-state index in [0.29, 0.717) is 22.9 Å². The summed E-state index contributed by atoms with van der Waals surface area (Å²) in [6, 6.07) is 8.47. The number of nitrogens with zero attached hydrogens (tertiary/aromatic N) is 1. The Morgan fingerprint density at radius 3 is 2.89 bits per heavy atom. The molecule has 2 aromatic rings. The van der Waals surface area contributed by atoms with Crippen molar-refractivity contribution in [1.82, 2.24) is 9.71 Å². The van der Waals surface area contributed by atoms with E-state index in [9.17, 15) is 8.42 Å². The number of hydrogen-bond acceptors (Lipinski definition) is 4. The number of pyridine rings is 1. The highest BCUT2D eigenvalue weighted by Gasteiger charge is 2.25. The van der Waals surface area contributed by atoms with E-state index < -0.39 is 10.0 Å². The molecule has 0 spiro atoms. The molecule has 1 N–H and O–H groups in total. The molecule has 92 valence electrons. The monoisotopic (exact) mass is 262 g/mol. The summed E-state index contributed by atoms with van der Waals surface area (Å²) in [6.07, 6.45) is 3.26. The van der Waals surface area contributed by atoms with Crippen LogP contribution in [0.25, 0.3) is 0 Å². The number of sulfonamides is 1. The largest absolute Gasteiger partial charge is 0.456 e. The first-order valence-corrected chi connectivity index (χ1v) is 6.84. The number of rotatable bonds is 2. The Bertz CT molecular complexity index is 684. The number of fused-ring (bicyclic) bond motifs is 1. The van der Waals surface area contributed by atoms with E-state index in [1.165, 1.54) is 0 Å². The third-order valence-electron chi connectivity index (χ3n) is 2.64. The molecule has 0 atom stereocenters. The molecular weight excluding hydrogens is 252 g/mol. The normalized spacial score (nSPS) is 16.2. The van der Waals surface area contributed by atoms with Gasteiger partial charge >= 0.3 is 0 Å². The van der Waals surface area contributed by atoms with Gasteiger partial charge in [-0.1, -0.05) is 0 Å². The van der Waals surface area contributed by atoms with E-state index in [2.05, 4.69) is 9.71 Å². The molecule has 5 nitrogen and oxygen atoms in total. The third-order valence-corrected chi connectivity index (χ3v) is 4.15. The summed E-state index contributed by atoms with van der Waals surface area (Å²) in [7, 11) is -3.31. The average molecular weight is 262 g/mol. The molecular formula is C12H10N2O3S. The van der Waals surface area contributed by atoms with Crippen LogP contribution >= 0.6 is 0 Å². The van der Waals surface area contributed by atoms with E-state index in [1.807, 2.05) is 0 Å². The highest BCUT2D eigenvalue weighted by atomic mass is 32.2. The number of ether oxygens (including phenoxy) is 1. The quantitative estimate of drug-likeness (QED) is 0.893. The lowest BCUT2D eigenvalue weighted by atomic mass is 10.2. The fourth-order valence-electron chi connectivity index (χ4n) is 1.81. The second kappa shape index (κ2) is 4.08. The molecule has 0 amide bonds. The molecule has 2 heterocycles. The van der Waals surface area contributed by atoms with Crippen molar-refractivity contribution in [3.63, 3.8) is 0 Å². The third kappa shape index (κ3) is 1.96. The number of benzene rings is 1. The summed E-state index contributed by atoms with van der Waals surface area (Å²) in [5.74, 6) is 1.21. The minimum atomic E-state index is -3.31. The molecule has 0 saturated heterocycles. The topological polar surface area (TPSA) is 68.3 Å². The number of hydrogen-bond donors (Lipinski definition) is 1. The Morgan fingerprint density at radius 2 is 2.11 bits per heavy atom. The van der Waals surface area contributed by atoms with Gasteiger partial charge < -0.3 is 4.74 Å². The number of nitrogens with one attached hydrogen (secondary N) is 1. The van der Waals surface area contributed by atoms with Gasteiger partial charge in [0, 0.05) is 12.7 Å². The lowest BCUT2D eigenvalue weighted by molar-refractivity contribution is 0.479. The molecule has 3 rings (SSSR count). The standard InChI is InChI=1S/C12H10N2O3S/c15-18(16)12-4-3-10(6-9(12)7-14-18)17-11-2-1-5-13-8-11/h1-6,8,14H,7H2. The van der Waals surface area contributed by atoms with Crippen LogP contribution in [0, 0.1) is 0 Å². The maximum absolute atomic E-state index is 11.6. The van der Waals surface area contributed by atoms with Crippen molar-refractivity contribution in [3.8, 4) is 11.5 Å². The fraction of sp³-hybridized carbons (Fsp3) is 0.0833. The van der Waals surface area contributed by atoms with Crippen LogP contribution in [0.1, 0.15) is 5.56 Å². The van der Waals surface area contributed by atoms with Crippen LogP contribution in [0.2, 0.25) is 0 Å². The van der Waals surface area contributed by atoms with Crippen LogP contribution in [0.4, 0.5) is 0 Å². The van der Waals surface area contributed by atoms with Gasteiger partial charge in [0.1, 0.15) is 11.5 Å². The molecule has 1 aliphatic rings. The zero-order valence-corrected chi connectivity index (χ0v) is 10.1. The number of aromatic nitrogens is 1. The van der Waals surface area contributed by atoms with Crippen LogP contribution < -0.4 is 9.46 Å². The molecule has 0 aliphatic carbocycles. The zero-order chi connectivity index (χ0) is 12.6. The van der Waals surface area contributed by atoms with Crippen molar-refractivity contribution in [2.75, 3.05) is 0 Å². The van der Waals surface area contributed by atoms with Crippen molar-refractivity contribution < 1.29 is 13.2 Å². The van der Waals surface area contributed by atoms with Crippen LogP contribution in [0.5, 0.6) is 11.5 Å². The second-order valence-electron chi connectivity index (χ2n) is 3.88. The van der Waals surface area contributed by atoms with Crippen LogP contribution in [0.15, 0.2) is 47.6 Å². The van der Waals surface area contributed by atoms with Gasteiger partial charge in [-0.2, -0.15) is 0 Å². The van der Waals surface area contributed by atoms with Gasteiger partial charge in [0.25, 0.3) is 0 Å². The Morgan fingerprint density at radius 1 is 1.22 bits per heavy atom. The fourth-order valence-corrected chi connectivity index (χ4v) is 3.04. The highest BCUT2D eigenvalue weighted by Crippen LogP contribution is 2.28. The molecule has 1 aromatic heterocycles. The van der Waals surface area contributed by atoms with E-state index in [0.717, 1.165) is 5.56 Å². The van der Waals surface area contributed by atoms with Gasteiger partial charge in [0.2, 0.25) is 10.0 Å². The van der Waals surface area contributed by atoms with Gasteiger partial charge in [-0.25, -0.2) is 13.1 Å². The van der Waals surface area contributed by atoms with Crippen LogP contribution in [-0.4, -0.2) is 13.4 Å². The predicted octanol–water partition coefficient (Wildman–Crippen LogP) is 1.67. The van der Waals surface area contributed by atoms with E-state index >= 15 is 0 Å². The molecule has 0 saturated carbocycles. The van der Waals surface area contributed by atoms with Crippen molar-refractivity contribution in [1.29, 1.82) is 0 Å². The maximum Gasteiger partial charge on any atom is 0.241 e. The van der Waals surface area contributed by atoms with Crippen molar-refractivity contribution in [2.45, 2.75) is 11.4 Å². The van der Waals surface area contributed by atoms with Gasteiger partial charge in [-0.15, -0.1) is 0 Å². The molecule has 18 heavy (non-hydrogen) atoms. The van der Waals surface area contributed by atoms with Gasteiger partial charge in [-0.05, 0) is 35.9 Å². The minimum Gasteiger partial charge on any atom is -0.456 e. The molecule has 6 heteroatoms. The SMILES string of the molecule is O=S1(=O)NCc2cc(Oc3cccnc3)ccc21. The second-order valence-corrected chi connectivity index (χ2v) is 5.62. The molecule has 0 radical (unpaired) electrons. The highest BCUT2D eigenvalue weighted by molar-refractivity contribution is 7.89. The summed E-state index contributed by atoms with van der Waals surface area (Å²) < 4.78 is 31.2. The summed E-state index contributed by atoms with van der Waals surface area (Å²) in [5.41, 5.74) is 0.719. The average Bonchev–Trinajstić information content (AvgIpc) is 2.66. The first kappa shape index (κ1) is 11.2. The summed E-state index contributed by atoms with van der Waals surface area (Å²) in [6.45, 7) is 0.307. The first-order valence-electron chi connectivity index (χ1n) is 5.36. The molecule has 0 fully saturated rings. The molecule has 1 aliphatic heterocycles. The molecule has 0 bridgehead atoms. The Hall–Kier alpha value is -1.92. The van der Waals surface area contributed by atoms with E-state index in [-0.39, 0.29) is 0 Å². The Balaban J connectivity index is 1.93.